The van der Waals surface area contributed by atoms with Gasteiger partial charge in [0, 0.05) is 5.69 Å². The summed E-state index contributed by atoms with van der Waals surface area (Å²) in [5.41, 5.74) is 2.14. The number of pyridine rings is 1. The zero-order valence-electron chi connectivity index (χ0n) is 12.5. The Bertz CT molecular complexity index is 591. The standard InChI is InChI=1S/C16H20FN3O/c1-6-10(3)14(11(4)7-2)20-16(21)19-13-9-8-12(5)18-15(13)17/h6-9,14H,1,3H2,2,4-5H3,(H2,19,20,21)/b11-7+. The molecule has 1 rings (SSSR count). The van der Waals surface area contributed by atoms with Crippen molar-refractivity contribution in [2.45, 2.75) is 26.8 Å². The minimum absolute atomic E-state index is 0.0270. The summed E-state index contributed by atoms with van der Waals surface area (Å²) < 4.78 is 13.6. The fourth-order valence-electron chi connectivity index (χ4n) is 1.69. The van der Waals surface area contributed by atoms with Crippen LogP contribution in [0.1, 0.15) is 19.5 Å². The minimum atomic E-state index is -0.716. The molecule has 0 aliphatic heterocycles. The third kappa shape index (κ3) is 4.56. The number of hydrogen-bond donors (Lipinski definition) is 2. The number of carbonyl (C=O) groups is 1. The van der Waals surface area contributed by atoms with Gasteiger partial charge in [-0.15, -0.1) is 0 Å². The number of allylic oxidation sites excluding steroid dienone is 1. The Morgan fingerprint density at radius 1 is 1.48 bits per heavy atom. The molecule has 0 spiro atoms. The zero-order valence-corrected chi connectivity index (χ0v) is 12.5. The number of carbonyl (C=O) groups excluding carboxylic acids is 1. The molecule has 0 saturated heterocycles. The number of nitrogens with zero attached hydrogens (tertiary/aromatic N) is 1. The molecule has 1 aromatic rings. The number of anilines is 1. The normalized spacial score (nSPS) is 12.5. The van der Waals surface area contributed by atoms with E-state index < -0.39 is 12.0 Å². The number of urea groups is 1. The van der Waals surface area contributed by atoms with Crippen molar-refractivity contribution in [1.29, 1.82) is 0 Å². The van der Waals surface area contributed by atoms with Gasteiger partial charge in [-0.25, -0.2) is 9.78 Å². The van der Waals surface area contributed by atoms with Crippen molar-refractivity contribution in [3.8, 4) is 0 Å². The quantitative estimate of drug-likeness (QED) is 0.493. The molecule has 1 aromatic heterocycles. The van der Waals surface area contributed by atoms with E-state index in [0.29, 0.717) is 11.3 Å². The molecule has 0 fully saturated rings. The zero-order chi connectivity index (χ0) is 16.0. The second-order valence-electron chi connectivity index (χ2n) is 4.63. The summed E-state index contributed by atoms with van der Waals surface area (Å²) >= 11 is 0. The van der Waals surface area contributed by atoms with E-state index in [1.807, 2.05) is 19.9 Å². The first-order chi connectivity index (χ1) is 9.88. The molecule has 21 heavy (non-hydrogen) atoms. The van der Waals surface area contributed by atoms with E-state index in [9.17, 15) is 9.18 Å². The molecular formula is C16H20FN3O. The van der Waals surface area contributed by atoms with Gasteiger partial charge in [-0.2, -0.15) is 4.39 Å². The molecule has 0 bridgehead atoms. The summed E-state index contributed by atoms with van der Waals surface area (Å²) in [6.45, 7) is 12.9. The van der Waals surface area contributed by atoms with Crippen molar-refractivity contribution in [3.05, 3.63) is 60.2 Å². The van der Waals surface area contributed by atoms with Gasteiger partial charge in [0.1, 0.15) is 0 Å². The van der Waals surface area contributed by atoms with E-state index in [-0.39, 0.29) is 11.7 Å². The average Bonchev–Trinajstić information content (AvgIpc) is 2.46. The fraction of sp³-hybridized carbons (Fsp3) is 0.250. The lowest BCUT2D eigenvalue weighted by atomic mass is 10.0. The van der Waals surface area contributed by atoms with Crippen LogP contribution in [0.25, 0.3) is 0 Å². The van der Waals surface area contributed by atoms with Crippen LogP contribution in [-0.4, -0.2) is 17.1 Å². The maximum atomic E-state index is 13.6. The van der Waals surface area contributed by atoms with Gasteiger partial charge in [0.2, 0.25) is 5.95 Å². The second-order valence-corrected chi connectivity index (χ2v) is 4.63. The average molecular weight is 289 g/mol. The van der Waals surface area contributed by atoms with Crippen LogP contribution < -0.4 is 10.6 Å². The highest BCUT2D eigenvalue weighted by molar-refractivity contribution is 5.90. The van der Waals surface area contributed by atoms with Gasteiger partial charge < -0.3 is 10.6 Å². The topological polar surface area (TPSA) is 54.0 Å². The lowest BCUT2D eigenvalue weighted by Crippen LogP contribution is -2.39. The van der Waals surface area contributed by atoms with Crippen molar-refractivity contribution in [1.82, 2.24) is 10.3 Å². The van der Waals surface area contributed by atoms with Crippen molar-refractivity contribution >= 4 is 11.7 Å². The van der Waals surface area contributed by atoms with Crippen molar-refractivity contribution in [2.75, 3.05) is 5.32 Å². The summed E-state index contributed by atoms with van der Waals surface area (Å²) in [6, 6.07) is 2.18. The van der Waals surface area contributed by atoms with Gasteiger partial charge in [-0.1, -0.05) is 30.9 Å². The molecule has 1 atom stereocenters. The van der Waals surface area contributed by atoms with Crippen LogP contribution in [0.4, 0.5) is 14.9 Å². The second kappa shape index (κ2) is 7.38. The number of halogens is 1. The third-order valence-electron chi connectivity index (χ3n) is 3.06. The molecule has 4 nitrogen and oxygen atoms in total. The Kier molecular flexibility index (Phi) is 5.84. The summed E-state index contributed by atoms with van der Waals surface area (Å²) in [6.07, 6.45) is 3.44. The van der Waals surface area contributed by atoms with Gasteiger partial charge in [-0.05, 0) is 38.5 Å². The number of hydrogen-bond acceptors (Lipinski definition) is 2. The van der Waals surface area contributed by atoms with Crippen LogP contribution in [0.2, 0.25) is 0 Å². The molecular weight excluding hydrogens is 269 g/mol. The highest BCUT2D eigenvalue weighted by Gasteiger charge is 2.16. The van der Waals surface area contributed by atoms with Crippen LogP contribution in [-0.2, 0) is 0 Å². The summed E-state index contributed by atoms with van der Waals surface area (Å²) in [7, 11) is 0. The SMILES string of the molecule is C=CC(=C)C(NC(=O)Nc1ccc(C)nc1F)/C(C)=C/C. The number of nitrogens with one attached hydrogen (secondary N) is 2. The lowest BCUT2D eigenvalue weighted by Gasteiger charge is -2.20. The predicted molar refractivity (Wildman–Crippen MR) is 83.6 cm³/mol. The van der Waals surface area contributed by atoms with Crippen molar-refractivity contribution in [2.24, 2.45) is 0 Å². The molecule has 0 aliphatic rings. The molecule has 2 N–H and O–H groups in total. The summed E-state index contributed by atoms with van der Waals surface area (Å²) in [5, 5.41) is 5.16. The fourth-order valence-corrected chi connectivity index (χ4v) is 1.69. The molecule has 0 radical (unpaired) electrons. The van der Waals surface area contributed by atoms with Crippen LogP contribution in [0, 0.1) is 12.9 Å². The molecule has 1 heterocycles. The van der Waals surface area contributed by atoms with Gasteiger partial charge in [-0.3, -0.25) is 0 Å². The smallest absolute Gasteiger partial charge is 0.320 e. The van der Waals surface area contributed by atoms with E-state index >= 15 is 0 Å². The summed E-state index contributed by atoms with van der Waals surface area (Å²) in [4.78, 5) is 15.6. The predicted octanol–water partition coefficient (Wildman–Crippen LogP) is 3.73. The van der Waals surface area contributed by atoms with Crippen LogP contribution in [0.5, 0.6) is 0 Å². The number of aromatic nitrogens is 1. The van der Waals surface area contributed by atoms with E-state index in [2.05, 4.69) is 28.8 Å². The third-order valence-corrected chi connectivity index (χ3v) is 3.06. The van der Waals surface area contributed by atoms with E-state index in [4.69, 9.17) is 0 Å². The number of rotatable bonds is 5. The molecule has 112 valence electrons. The Morgan fingerprint density at radius 3 is 2.67 bits per heavy atom. The first-order valence-electron chi connectivity index (χ1n) is 6.53. The molecule has 5 heteroatoms. The van der Waals surface area contributed by atoms with E-state index in [1.165, 1.54) is 6.07 Å². The maximum absolute atomic E-state index is 13.6. The van der Waals surface area contributed by atoms with Gasteiger partial charge in [0.15, 0.2) is 0 Å². The highest BCUT2D eigenvalue weighted by Crippen LogP contribution is 2.14. The molecule has 1 unspecified atom stereocenters. The largest absolute Gasteiger partial charge is 0.327 e. The molecule has 0 aliphatic carbocycles. The maximum Gasteiger partial charge on any atom is 0.320 e. The van der Waals surface area contributed by atoms with E-state index in [1.54, 1.807) is 19.1 Å². The first kappa shape index (κ1) is 16.6. The Morgan fingerprint density at radius 2 is 2.14 bits per heavy atom. The monoisotopic (exact) mass is 289 g/mol. The number of amides is 2. The Labute approximate surface area is 124 Å². The van der Waals surface area contributed by atoms with Gasteiger partial charge in [0.25, 0.3) is 0 Å². The van der Waals surface area contributed by atoms with Gasteiger partial charge in [0.05, 0.1) is 11.7 Å². The van der Waals surface area contributed by atoms with Crippen LogP contribution >= 0.6 is 0 Å². The Hall–Kier alpha value is -2.43. The molecule has 2 amide bonds. The van der Waals surface area contributed by atoms with Crippen molar-refractivity contribution < 1.29 is 9.18 Å². The highest BCUT2D eigenvalue weighted by atomic mass is 19.1. The minimum Gasteiger partial charge on any atom is -0.327 e. The first-order valence-corrected chi connectivity index (χ1v) is 6.53. The van der Waals surface area contributed by atoms with Gasteiger partial charge >= 0.3 is 6.03 Å². The van der Waals surface area contributed by atoms with Crippen LogP contribution in [0.15, 0.2) is 48.6 Å². The molecule has 0 saturated carbocycles. The van der Waals surface area contributed by atoms with Crippen molar-refractivity contribution in [3.63, 3.8) is 0 Å². The van der Waals surface area contributed by atoms with Crippen LogP contribution in [0.3, 0.4) is 0 Å². The lowest BCUT2D eigenvalue weighted by molar-refractivity contribution is 0.251. The number of aryl methyl sites for hydroxylation is 1. The Balaban J connectivity index is 2.83. The molecule has 0 aromatic carbocycles. The summed E-state index contributed by atoms with van der Waals surface area (Å²) in [5.74, 6) is -0.716. The van der Waals surface area contributed by atoms with E-state index in [0.717, 1.165) is 5.57 Å².